The molecule has 9 heteroatoms. The van der Waals surface area contributed by atoms with Crippen molar-refractivity contribution in [2.45, 2.75) is 12.5 Å². The Morgan fingerprint density at radius 3 is 2.92 bits per heavy atom. The fraction of sp³-hybridized carbons (Fsp3) is 0.267. The summed E-state index contributed by atoms with van der Waals surface area (Å²) in [6.45, 7) is 0. The van der Waals surface area contributed by atoms with Gasteiger partial charge in [0.2, 0.25) is 0 Å². The van der Waals surface area contributed by atoms with Crippen molar-refractivity contribution < 1.29 is 13.2 Å². The fourth-order valence-electron chi connectivity index (χ4n) is 3.00. The number of aromatic amines is 1. The second-order valence-corrected chi connectivity index (χ2v) is 8.14. The Morgan fingerprint density at radius 1 is 1.33 bits per heavy atom. The number of amides is 1. The van der Waals surface area contributed by atoms with Crippen LogP contribution < -0.4 is 10.9 Å². The third-order valence-electron chi connectivity index (χ3n) is 4.21. The van der Waals surface area contributed by atoms with Crippen LogP contribution in [0.1, 0.15) is 16.8 Å². The van der Waals surface area contributed by atoms with E-state index in [0.29, 0.717) is 28.5 Å². The molecule has 0 unspecified atom stereocenters. The monoisotopic (exact) mass is 346 g/mol. The Labute approximate surface area is 136 Å². The first kappa shape index (κ1) is 14.9. The molecule has 1 saturated heterocycles. The predicted octanol–water partition coefficient (Wildman–Crippen LogP) is 0.0927. The minimum absolute atomic E-state index is 0.0224. The number of hydrogen-bond donors (Lipinski definition) is 2. The largest absolute Gasteiger partial charge is 0.348 e. The van der Waals surface area contributed by atoms with Gasteiger partial charge in [-0.25, -0.2) is 13.4 Å². The number of imidazole rings is 1. The molecule has 1 atom stereocenters. The Kier molecular flexibility index (Phi) is 3.20. The van der Waals surface area contributed by atoms with E-state index in [-0.39, 0.29) is 29.0 Å². The summed E-state index contributed by atoms with van der Waals surface area (Å²) in [5.41, 5.74) is 1.77. The number of nitrogens with zero attached hydrogens (tertiary/aromatic N) is 2. The average Bonchev–Trinajstić information content (AvgIpc) is 3.14. The molecule has 24 heavy (non-hydrogen) atoms. The molecule has 0 saturated carbocycles. The Balaban J connectivity index is 1.71. The highest BCUT2D eigenvalue weighted by atomic mass is 32.2. The maximum absolute atomic E-state index is 12.4. The zero-order valence-electron chi connectivity index (χ0n) is 12.5. The molecule has 0 aliphatic carbocycles. The van der Waals surface area contributed by atoms with E-state index in [9.17, 15) is 18.0 Å². The molecule has 1 amide bonds. The van der Waals surface area contributed by atoms with Crippen LogP contribution >= 0.6 is 0 Å². The standard InChI is InChI=1S/C15H14N4O4S/c20-14(17-10-3-4-24(22,23)7-10)9-1-2-11-12(5-9)19-8-16-6-13(19)15(21)18-11/h1-2,5-6,8,10H,3-4,7H2,(H,17,20)(H,18,21)/t10-/m1/s1. The number of fused-ring (bicyclic) bond motifs is 3. The van der Waals surface area contributed by atoms with Crippen LogP contribution in [0.3, 0.4) is 0 Å². The number of sulfone groups is 1. The number of H-pyrrole nitrogens is 1. The van der Waals surface area contributed by atoms with Crippen LogP contribution in [0, 0.1) is 0 Å². The quantitative estimate of drug-likeness (QED) is 0.683. The van der Waals surface area contributed by atoms with Crippen LogP contribution in [0.25, 0.3) is 16.6 Å². The second kappa shape index (κ2) is 5.17. The maximum Gasteiger partial charge on any atom is 0.274 e. The molecule has 1 fully saturated rings. The molecule has 1 aromatic carbocycles. The van der Waals surface area contributed by atoms with E-state index in [1.165, 1.54) is 12.5 Å². The average molecular weight is 346 g/mol. The van der Waals surface area contributed by atoms with Gasteiger partial charge < -0.3 is 10.3 Å². The normalized spacial score (nSPS) is 19.8. The van der Waals surface area contributed by atoms with Crippen molar-refractivity contribution in [3.05, 3.63) is 46.6 Å². The third-order valence-corrected chi connectivity index (χ3v) is 5.97. The van der Waals surface area contributed by atoms with E-state index >= 15 is 0 Å². The van der Waals surface area contributed by atoms with E-state index in [4.69, 9.17) is 0 Å². The molecule has 0 bridgehead atoms. The van der Waals surface area contributed by atoms with E-state index in [2.05, 4.69) is 15.3 Å². The summed E-state index contributed by atoms with van der Waals surface area (Å²) in [4.78, 5) is 31.0. The molecule has 2 aromatic heterocycles. The van der Waals surface area contributed by atoms with Crippen LogP contribution in [0.15, 0.2) is 35.5 Å². The Morgan fingerprint density at radius 2 is 2.17 bits per heavy atom. The van der Waals surface area contributed by atoms with Gasteiger partial charge in [0.25, 0.3) is 11.5 Å². The number of benzene rings is 1. The lowest BCUT2D eigenvalue weighted by molar-refractivity contribution is 0.0941. The van der Waals surface area contributed by atoms with Crippen molar-refractivity contribution in [2.75, 3.05) is 11.5 Å². The van der Waals surface area contributed by atoms with E-state index in [0.717, 1.165) is 0 Å². The first-order valence-electron chi connectivity index (χ1n) is 7.42. The Bertz CT molecular complexity index is 1130. The summed E-state index contributed by atoms with van der Waals surface area (Å²) >= 11 is 0. The van der Waals surface area contributed by atoms with Gasteiger partial charge in [-0.15, -0.1) is 0 Å². The first-order chi connectivity index (χ1) is 11.4. The van der Waals surface area contributed by atoms with Crippen molar-refractivity contribution in [1.82, 2.24) is 19.7 Å². The predicted molar refractivity (Wildman–Crippen MR) is 87.8 cm³/mol. The van der Waals surface area contributed by atoms with Crippen LogP contribution in [0.4, 0.5) is 0 Å². The lowest BCUT2D eigenvalue weighted by Crippen LogP contribution is -2.35. The van der Waals surface area contributed by atoms with Gasteiger partial charge in [0, 0.05) is 11.6 Å². The first-order valence-corrected chi connectivity index (χ1v) is 9.24. The van der Waals surface area contributed by atoms with Crippen molar-refractivity contribution in [3.63, 3.8) is 0 Å². The topological polar surface area (TPSA) is 113 Å². The molecular weight excluding hydrogens is 332 g/mol. The zero-order valence-corrected chi connectivity index (χ0v) is 13.3. The van der Waals surface area contributed by atoms with Gasteiger partial charge in [0.15, 0.2) is 9.84 Å². The molecule has 0 radical (unpaired) electrons. The molecular formula is C15H14N4O4S. The minimum atomic E-state index is -3.05. The number of aromatic nitrogens is 3. The molecule has 4 rings (SSSR count). The van der Waals surface area contributed by atoms with Crippen molar-refractivity contribution in [2.24, 2.45) is 0 Å². The van der Waals surface area contributed by atoms with Crippen molar-refractivity contribution in [1.29, 1.82) is 0 Å². The number of hydrogen-bond acceptors (Lipinski definition) is 5. The molecule has 3 aromatic rings. The summed E-state index contributed by atoms with van der Waals surface area (Å²) in [6.07, 6.45) is 3.40. The molecule has 1 aliphatic rings. The van der Waals surface area contributed by atoms with Gasteiger partial charge in [0.05, 0.1) is 35.1 Å². The van der Waals surface area contributed by atoms with Crippen LogP contribution in [-0.4, -0.2) is 46.2 Å². The number of rotatable bonds is 2. The highest BCUT2D eigenvalue weighted by Crippen LogP contribution is 2.16. The zero-order chi connectivity index (χ0) is 16.9. The fourth-order valence-corrected chi connectivity index (χ4v) is 4.67. The van der Waals surface area contributed by atoms with Gasteiger partial charge in [-0.05, 0) is 24.6 Å². The van der Waals surface area contributed by atoms with Gasteiger partial charge >= 0.3 is 0 Å². The molecule has 8 nitrogen and oxygen atoms in total. The smallest absolute Gasteiger partial charge is 0.274 e. The van der Waals surface area contributed by atoms with E-state index < -0.39 is 9.84 Å². The Hall–Kier alpha value is -2.68. The third kappa shape index (κ3) is 2.46. The molecule has 3 heterocycles. The molecule has 124 valence electrons. The summed E-state index contributed by atoms with van der Waals surface area (Å²) in [5.74, 6) is -0.253. The van der Waals surface area contributed by atoms with Gasteiger partial charge in [-0.2, -0.15) is 0 Å². The molecule has 2 N–H and O–H groups in total. The maximum atomic E-state index is 12.4. The van der Waals surface area contributed by atoms with Crippen molar-refractivity contribution in [3.8, 4) is 0 Å². The van der Waals surface area contributed by atoms with Gasteiger partial charge in [0.1, 0.15) is 5.52 Å². The van der Waals surface area contributed by atoms with Gasteiger partial charge in [-0.1, -0.05) is 0 Å². The van der Waals surface area contributed by atoms with Crippen LogP contribution in [0.2, 0.25) is 0 Å². The molecule has 0 spiro atoms. The highest BCUT2D eigenvalue weighted by Gasteiger charge is 2.29. The van der Waals surface area contributed by atoms with E-state index in [1.54, 1.807) is 22.6 Å². The van der Waals surface area contributed by atoms with E-state index in [1.807, 2.05) is 0 Å². The highest BCUT2D eigenvalue weighted by molar-refractivity contribution is 7.91. The summed E-state index contributed by atoms with van der Waals surface area (Å²) in [5, 5.41) is 2.75. The number of nitrogens with one attached hydrogen (secondary N) is 2. The van der Waals surface area contributed by atoms with Gasteiger partial charge in [-0.3, -0.25) is 14.0 Å². The SMILES string of the molecule is O=C(N[C@@H]1CCS(=O)(=O)C1)c1ccc2[nH]c(=O)c3cncn3c2c1. The van der Waals surface area contributed by atoms with Crippen LogP contribution in [0.5, 0.6) is 0 Å². The summed E-state index contributed by atoms with van der Waals surface area (Å²) < 4.78 is 24.6. The lowest BCUT2D eigenvalue weighted by atomic mass is 10.1. The number of carbonyl (C=O) groups is 1. The summed E-state index contributed by atoms with van der Waals surface area (Å²) in [6, 6.07) is 4.54. The number of carbonyl (C=O) groups excluding carboxylic acids is 1. The lowest BCUT2D eigenvalue weighted by Gasteiger charge is -2.11. The van der Waals surface area contributed by atoms with Crippen LogP contribution in [-0.2, 0) is 9.84 Å². The summed E-state index contributed by atoms with van der Waals surface area (Å²) in [7, 11) is -3.05. The van der Waals surface area contributed by atoms with Crippen molar-refractivity contribution >= 4 is 32.3 Å². The molecule has 1 aliphatic heterocycles. The second-order valence-electron chi connectivity index (χ2n) is 5.91. The minimum Gasteiger partial charge on any atom is -0.348 e.